The second-order valence-corrected chi connectivity index (χ2v) is 9.36. The summed E-state index contributed by atoms with van der Waals surface area (Å²) in [6, 6.07) is 27.6. The molecule has 3 heterocycles. The second-order valence-electron chi connectivity index (χ2n) is 8.52. The molecule has 6 rings (SSSR count). The Bertz CT molecular complexity index is 1860. The van der Waals surface area contributed by atoms with Crippen molar-refractivity contribution in [1.82, 2.24) is 14.0 Å². The molecule has 3 aromatic carbocycles. The van der Waals surface area contributed by atoms with E-state index in [9.17, 15) is 4.79 Å². The van der Waals surface area contributed by atoms with Gasteiger partial charge >= 0.3 is 0 Å². The zero-order valence-corrected chi connectivity index (χ0v) is 21.1. The summed E-state index contributed by atoms with van der Waals surface area (Å²) < 4.78 is 10.7. The SMILES string of the molecule is Cc1c(N=c2scc(-c3cccc4ccccc34)n2N=Cc2ccco2)c(=O)n(-c2ccccc2)n1C. The van der Waals surface area contributed by atoms with Crippen LogP contribution in [0.5, 0.6) is 0 Å². The average molecular weight is 506 g/mol. The number of hydrogen-bond donors (Lipinski definition) is 0. The van der Waals surface area contributed by atoms with Gasteiger partial charge in [-0.1, -0.05) is 60.7 Å². The van der Waals surface area contributed by atoms with Gasteiger partial charge < -0.3 is 4.42 Å². The van der Waals surface area contributed by atoms with Crippen molar-refractivity contribution in [1.29, 1.82) is 0 Å². The molecule has 0 N–H and O–H groups in total. The van der Waals surface area contributed by atoms with E-state index in [1.165, 1.54) is 11.3 Å². The number of hydrogen-bond acceptors (Lipinski definition) is 5. The van der Waals surface area contributed by atoms with E-state index in [1.807, 2.05) is 84.7 Å². The highest BCUT2D eigenvalue weighted by Crippen LogP contribution is 2.29. The molecule has 0 amide bonds. The third-order valence-corrected chi connectivity index (χ3v) is 7.14. The number of nitrogens with zero attached hydrogens (tertiary/aromatic N) is 5. The van der Waals surface area contributed by atoms with Gasteiger partial charge in [-0.15, -0.1) is 11.3 Å². The predicted molar refractivity (Wildman–Crippen MR) is 148 cm³/mol. The third-order valence-electron chi connectivity index (χ3n) is 6.33. The van der Waals surface area contributed by atoms with Gasteiger partial charge in [0.05, 0.1) is 29.6 Å². The van der Waals surface area contributed by atoms with Crippen LogP contribution >= 0.6 is 11.3 Å². The highest BCUT2D eigenvalue weighted by molar-refractivity contribution is 7.07. The van der Waals surface area contributed by atoms with Crippen LogP contribution < -0.4 is 10.4 Å². The minimum absolute atomic E-state index is 0.187. The number of rotatable bonds is 5. The molecule has 8 heteroatoms. The second kappa shape index (κ2) is 9.40. The summed E-state index contributed by atoms with van der Waals surface area (Å²) in [5, 5.41) is 9.00. The molecule has 0 fully saturated rings. The maximum atomic E-state index is 13.5. The van der Waals surface area contributed by atoms with Crippen LogP contribution in [0.25, 0.3) is 27.7 Å². The van der Waals surface area contributed by atoms with Crippen LogP contribution in [0.4, 0.5) is 5.69 Å². The first kappa shape index (κ1) is 22.8. The molecule has 37 heavy (non-hydrogen) atoms. The fourth-order valence-corrected chi connectivity index (χ4v) is 5.21. The lowest BCUT2D eigenvalue weighted by molar-refractivity contribution is 0.559. The summed E-state index contributed by atoms with van der Waals surface area (Å²) in [6.45, 7) is 1.90. The molecule has 0 saturated heterocycles. The summed E-state index contributed by atoms with van der Waals surface area (Å²) in [7, 11) is 1.86. The molecule has 0 aliphatic rings. The smallest absolute Gasteiger partial charge is 0.297 e. The van der Waals surface area contributed by atoms with Gasteiger partial charge in [0.25, 0.3) is 5.56 Å². The van der Waals surface area contributed by atoms with E-state index >= 15 is 0 Å². The zero-order valence-electron chi connectivity index (χ0n) is 20.3. The number of fused-ring (bicyclic) bond motifs is 1. The Morgan fingerprint density at radius 1 is 0.919 bits per heavy atom. The van der Waals surface area contributed by atoms with Gasteiger partial charge in [0.1, 0.15) is 5.76 Å². The highest BCUT2D eigenvalue weighted by Gasteiger charge is 2.17. The first-order valence-corrected chi connectivity index (χ1v) is 12.6. The molecule has 0 aliphatic carbocycles. The quantitative estimate of drug-likeness (QED) is 0.275. The lowest BCUT2D eigenvalue weighted by atomic mass is 10.0. The van der Waals surface area contributed by atoms with E-state index in [4.69, 9.17) is 14.5 Å². The number of aromatic nitrogens is 3. The molecule has 6 aromatic rings. The lowest BCUT2D eigenvalue weighted by Crippen LogP contribution is -2.19. The van der Waals surface area contributed by atoms with E-state index < -0.39 is 0 Å². The Hall–Kier alpha value is -4.69. The van der Waals surface area contributed by atoms with E-state index in [1.54, 1.807) is 21.8 Å². The predicted octanol–water partition coefficient (Wildman–Crippen LogP) is 5.88. The van der Waals surface area contributed by atoms with Crippen molar-refractivity contribution in [3.8, 4) is 16.9 Å². The molecule has 182 valence electrons. The third kappa shape index (κ3) is 4.07. The molecule has 0 saturated carbocycles. The standard InChI is InChI=1S/C29H23N5O2S/c1-20-27(28(35)34(32(20)2)22-12-4-3-5-13-22)31-29-33(30-18-23-14-9-17-36-23)26(19-37-29)25-16-8-11-21-10-6-7-15-24(21)25/h3-19H,1-2H3. The van der Waals surface area contributed by atoms with E-state index in [0.717, 1.165) is 33.4 Å². The lowest BCUT2D eigenvalue weighted by Gasteiger charge is -2.07. The monoisotopic (exact) mass is 505 g/mol. The van der Waals surface area contributed by atoms with Crippen LogP contribution in [-0.4, -0.2) is 20.3 Å². The average Bonchev–Trinajstić information content (AvgIpc) is 3.64. The number of para-hydroxylation sites is 1. The molecule has 7 nitrogen and oxygen atoms in total. The molecule has 3 aromatic heterocycles. The minimum Gasteiger partial charge on any atom is -0.463 e. The van der Waals surface area contributed by atoms with Gasteiger partial charge in [-0.3, -0.25) is 9.48 Å². The van der Waals surface area contributed by atoms with Gasteiger partial charge in [0, 0.05) is 18.0 Å². The van der Waals surface area contributed by atoms with Crippen molar-refractivity contribution in [2.24, 2.45) is 17.1 Å². The molecule has 0 atom stereocenters. The van der Waals surface area contributed by atoms with Crippen LogP contribution in [0.1, 0.15) is 11.5 Å². The first-order chi connectivity index (χ1) is 18.1. The van der Waals surface area contributed by atoms with Crippen molar-refractivity contribution in [2.45, 2.75) is 6.92 Å². The summed E-state index contributed by atoms with van der Waals surface area (Å²) in [6.07, 6.45) is 3.26. The van der Waals surface area contributed by atoms with Gasteiger partial charge in [-0.25, -0.2) is 14.4 Å². The Balaban J connectivity index is 1.58. The normalized spacial score (nSPS) is 12.2. The molecule has 0 unspecified atom stereocenters. The van der Waals surface area contributed by atoms with Gasteiger partial charge in [0.2, 0.25) is 4.80 Å². The Kier molecular flexibility index (Phi) is 5.78. The van der Waals surface area contributed by atoms with E-state index in [0.29, 0.717) is 16.2 Å². The topological polar surface area (TPSA) is 69.7 Å². The van der Waals surface area contributed by atoms with Crippen molar-refractivity contribution < 1.29 is 4.42 Å². The fraction of sp³-hybridized carbons (Fsp3) is 0.0690. The van der Waals surface area contributed by atoms with Gasteiger partial charge in [0.15, 0.2) is 5.69 Å². The maximum absolute atomic E-state index is 13.5. The molecule has 0 bridgehead atoms. The summed E-state index contributed by atoms with van der Waals surface area (Å²) in [5.41, 5.74) is 3.63. The van der Waals surface area contributed by atoms with Crippen LogP contribution in [0.3, 0.4) is 0 Å². The van der Waals surface area contributed by atoms with Crippen LogP contribution in [0, 0.1) is 6.92 Å². The minimum atomic E-state index is -0.187. The zero-order chi connectivity index (χ0) is 25.4. The summed E-state index contributed by atoms with van der Waals surface area (Å²) in [4.78, 5) is 18.9. The van der Waals surface area contributed by atoms with Gasteiger partial charge in [-0.05, 0) is 42.0 Å². The largest absolute Gasteiger partial charge is 0.463 e. The van der Waals surface area contributed by atoms with Crippen molar-refractivity contribution >= 4 is 34.0 Å². The fourth-order valence-electron chi connectivity index (χ4n) is 4.38. The van der Waals surface area contributed by atoms with E-state index in [-0.39, 0.29) is 5.56 Å². The Morgan fingerprint density at radius 2 is 1.70 bits per heavy atom. The van der Waals surface area contributed by atoms with Crippen molar-refractivity contribution in [3.63, 3.8) is 0 Å². The number of thiazole rings is 1. The van der Waals surface area contributed by atoms with Crippen LogP contribution in [0.2, 0.25) is 0 Å². The number of benzene rings is 3. The summed E-state index contributed by atoms with van der Waals surface area (Å²) in [5.74, 6) is 0.621. The van der Waals surface area contributed by atoms with Crippen molar-refractivity contribution in [2.75, 3.05) is 0 Å². The number of furan rings is 1. The molecular weight excluding hydrogens is 482 g/mol. The van der Waals surface area contributed by atoms with Crippen molar-refractivity contribution in [3.05, 3.63) is 123 Å². The Labute approximate surface area is 216 Å². The molecule has 0 radical (unpaired) electrons. The highest BCUT2D eigenvalue weighted by atomic mass is 32.1. The van der Waals surface area contributed by atoms with Crippen LogP contribution in [0.15, 0.2) is 116 Å². The molecule has 0 aliphatic heterocycles. The first-order valence-electron chi connectivity index (χ1n) is 11.8. The van der Waals surface area contributed by atoms with Gasteiger partial charge in [-0.2, -0.15) is 5.10 Å². The molecule has 0 spiro atoms. The van der Waals surface area contributed by atoms with Crippen LogP contribution in [-0.2, 0) is 7.05 Å². The van der Waals surface area contributed by atoms with E-state index in [2.05, 4.69) is 24.3 Å². The molecular formula is C29H23N5O2S. The maximum Gasteiger partial charge on any atom is 0.297 e. The summed E-state index contributed by atoms with van der Waals surface area (Å²) >= 11 is 1.43. The Morgan fingerprint density at radius 3 is 2.51 bits per heavy atom.